The third-order valence-electron chi connectivity index (χ3n) is 5.05. The number of benzene rings is 2. The number of esters is 1. The van der Waals surface area contributed by atoms with E-state index in [9.17, 15) is 9.59 Å². The van der Waals surface area contributed by atoms with E-state index in [0.717, 1.165) is 11.1 Å². The van der Waals surface area contributed by atoms with Crippen molar-refractivity contribution in [1.82, 2.24) is 5.48 Å². The normalized spacial score (nSPS) is 20.1. The molecule has 0 saturated heterocycles. The van der Waals surface area contributed by atoms with E-state index in [1.807, 2.05) is 18.2 Å². The van der Waals surface area contributed by atoms with E-state index in [1.54, 1.807) is 36.7 Å². The molecule has 1 amide bonds. The molecule has 0 aromatic heterocycles. The van der Waals surface area contributed by atoms with Crippen molar-refractivity contribution in [3.63, 3.8) is 0 Å². The average molecular weight is 438 g/mol. The quantitative estimate of drug-likeness (QED) is 0.367. The molecule has 29 heavy (non-hydrogen) atoms. The van der Waals surface area contributed by atoms with Gasteiger partial charge in [-0.2, -0.15) is 0 Å². The maximum absolute atomic E-state index is 12.4. The molecule has 6 nitrogen and oxygen atoms in total. The minimum absolute atomic E-state index is 0.229. The highest BCUT2D eigenvalue weighted by atomic mass is 35.5. The van der Waals surface area contributed by atoms with Gasteiger partial charge in [-0.25, -0.2) is 5.48 Å². The molecule has 8 heteroatoms. The molecule has 3 rings (SSSR count). The average Bonchev–Trinajstić information content (AvgIpc) is 3.45. The van der Waals surface area contributed by atoms with Crippen molar-refractivity contribution in [2.45, 2.75) is 26.4 Å². The topological polar surface area (TPSA) is 84.9 Å². The first kappa shape index (κ1) is 21.4. The molecule has 0 radical (unpaired) electrons. The van der Waals surface area contributed by atoms with Gasteiger partial charge in [0.1, 0.15) is 12.4 Å². The number of rotatable bonds is 8. The number of halogens is 2. The molecule has 0 bridgehead atoms. The summed E-state index contributed by atoms with van der Waals surface area (Å²) < 4.78 is 10.9. The third kappa shape index (κ3) is 4.66. The maximum Gasteiger partial charge on any atom is 0.313 e. The van der Waals surface area contributed by atoms with Crippen LogP contribution < -0.4 is 10.2 Å². The summed E-state index contributed by atoms with van der Waals surface area (Å²) in [6.45, 7) is 2.21. The lowest BCUT2D eigenvalue weighted by molar-refractivity contribution is -0.152. The van der Waals surface area contributed by atoms with Gasteiger partial charge in [-0.3, -0.25) is 14.8 Å². The van der Waals surface area contributed by atoms with E-state index < -0.39 is 23.2 Å². The fourth-order valence-corrected chi connectivity index (χ4v) is 3.76. The van der Waals surface area contributed by atoms with Gasteiger partial charge in [-0.15, -0.1) is 0 Å². The van der Waals surface area contributed by atoms with Crippen molar-refractivity contribution in [3.05, 3.63) is 63.6 Å². The number of hydrogen-bond donors (Lipinski definition) is 2. The molecule has 0 heterocycles. The Bertz CT molecular complexity index is 902. The van der Waals surface area contributed by atoms with Crippen LogP contribution in [-0.4, -0.2) is 23.7 Å². The van der Waals surface area contributed by atoms with Crippen molar-refractivity contribution in [2.75, 3.05) is 6.61 Å². The van der Waals surface area contributed by atoms with Crippen LogP contribution in [0.2, 0.25) is 10.0 Å². The molecular weight excluding hydrogens is 417 g/mol. The van der Waals surface area contributed by atoms with Crippen LogP contribution in [0.4, 0.5) is 0 Å². The molecular formula is C21H21Cl2NO5. The van der Waals surface area contributed by atoms with Crippen molar-refractivity contribution >= 4 is 35.1 Å². The van der Waals surface area contributed by atoms with Crippen LogP contribution in [0.25, 0.3) is 0 Å². The van der Waals surface area contributed by atoms with Gasteiger partial charge >= 0.3 is 5.97 Å². The third-order valence-corrected chi connectivity index (χ3v) is 5.91. The minimum atomic E-state index is -0.945. The largest absolute Gasteiger partial charge is 0.489 e. The molecule has 2 N–H and O–H groups in total. The molecule has 0 spiro atoms. The minimum Gasteiger partial charge on any atom is -0.489 e. The van der Waals surface area contributed by atoms with Crippen LogP contribution in [0.3, 0.4) is 0 Å². The summed E-state index contributed by atoms with van der Waals surface area (Å²) >= 11 is 12.2. The van der Waals surface area contributed by atoms with E-state index in [0.29, 0.717) is 28.6 Å². The van der Waals surface area contributed by atoms with Gasteiger partial charge in [-0.05, 0) is 43.5 Å². The highest BCUT2D eigenvalue weighted by Gasteiger charge is 2.64. The molecule has 2 aromatic rings. The molecule has 1 aliphatic carbocycles. The Kier molecular flexibility index (Phi) is 6.67. The summed E-state index contributed by atoms with van der Waals surface area (Å²) in [5.41, 5.74) is 2.32. The number of hydroxylamine groups is 1. The second kappa shape index (κ2) is 9.03. The molecule has 2 aromatic carbocycles. The molecule has 154 valence electrons. The molecule has 1 saturated carbocycles. The zero-order valence-corrected chi connectivity index (χ0v) is 17.3. The van der Waals surface area contributed by atoms with E-state index >= 15 is 0 Å². The Hall–Kier alpha value is -2.28. The molecule has 0 aliphatic heterocycles. The SMILES string of the molecule is CCOC(=O)C1(Cc2ccc(OCc3cccc(Cl)c3Cl)cc2)CC1C(=O)NO. The van der Waals surface area contributed by atoms with Crippen molar-refractivity contribution in [1.29, 1.82) is 0 Å². The Morgan fingerprint density at radius 1 is 1.21 bits per heavy atom. The standard InChI is InChI=1S/C21H21Cl2NO5/c1-2-28-20(26)21(11-16(21)19(25)24-27)10-13-6-8-15(9-7-13)29-12-14-4-3-5-17(22)18(14)23/h3-9,16,27H,2,10-12H2,1H3,(H,24,25). The van der Waals surface area contributed by atoms with Gasteiger partial charge in [-0.1, -0.05) is 47.5 Å². The predicted octanol–water partition coefficient (Wildman–Crippen LogP) is 4.19. The van der Waals surface area contributed by atoms with Gasteiger partial charge in [0.15, 0.2) is 0 Å². The fraction of sp³-hybridized carbons (Fsp3) is 0.333. The molecule has 2 atom stereocenters. The van der Waals surface area contributed by atoms with E-state index in [4.69, 9.17) is 37.9 Å². The summed E-state index contributed by atoms with van der Waals surface area (Å²) in [6, 6.07) is 12.6. The van der Waals surface area contributed by atoms with Crippen LogP contribution >= 0.6 is 23.2 Å². The van der Waals surface area contributed by atoms with Crippen LogP contribution in [0.1, 0.15) is 24.5 Å². The van der Waals surface area contributed by atoms with Crippen LogP contribution in [0.5, 0.6) is 5.75 Å². The number of carbonyl (C=O) groups excluding carboxylic acids is 2. The molecule has 1 aliphatic rings. The lowest BCUT2D eigenvalue weighted by atomic mass is 9.93. The summed E-state index contributed by atoms with van der Waals surface area (Å²) in [6.07, 6.45) is 0.675. The Labute approximate surface area is 178 Å². The van der Waals surface area contributed by atoms with Gasteiger partial charge in [0, 0.05) is 5.56 Å². The number of nitrogens with one attached hydrogen (secondary N) is 1. The monoisotopic (exact) mass is 437 g/mol. The number of ether oxygens (including phenoxy) is 2. The van der Waals surface area contributed by atoms with Crippen LogP contribution in [0, 0.1) is 11.3 Å². The fourth-order valence-electron chi connectivity index (χ4n) is 3.38. The zero-order valence-electron chi connectivity index (χ0n) is 15.8. The van der Waals surface area contributed by atoms with E-state index in [2.05, 4.69) is 0 Å². The Balaban J connectivity index is 1.67. The number of carbonyl (C=O) groups is 2. The lowest BCUT2D eigenvalue weighted by Gasteiger charge is -2.16. The highest BCUT2D eigenvalue weighted by molar-refractivity contribution is 6.42. The first-order valence-corrected chi connectivity index (χ1v) is 9.92. The molecule has 2 unspecified atom stereocenters. The predicted molar refractivity (Wildman–Crippen MR) is 108 cm³/mol. The first-order valence-electron chi connectivity index (χ1n) is 9.17. The lowest BCUT2D eigenvalue weighted by Crippen LogP contribution is -2.30. The number of amides is 1. The zero-order chi connectivity index (χ0) is 21.0. The van der Waals surface area contributed by atoms with E-state index in [-0.39, 0.29) is 13.2 Å². The van der Waals surface area contributed by atoms with Crippen molar-refractivity contribution in [3.8, 4) is 5.75 Å². The highest BCUT2D eigenvalue weighted by Crippen LogP contribution is 2.56. The van der Waals surface area contributed by atoms with Gasteiger partial charge < -0.3 is 9.47 Å². The second-order valence-corrected chi connectivity index (χ2v) is 7.72. The van der Waals surface area contributed by atoms with E-state index in [1.165, 1.54) is 0 Å². The molecule has 1 fully saturated rings. The van der Waals surface area contributed by atoms with Gasteiger partial charge in [0.05, 0.1) is 28.0 Å². The second-order valence-electron chi connectivity index (χ2n) is 6.93. The number of hydrogen-bond acceptors (Lipinski definition) is 5. The van der Waals surface area contributed by atoms with Crippen molar-refractivity contribution < 1.29 is 24.3 Å². The van der Waals surface area contributed by atoms with Crippen molar-refractivity contribution in [2.24, 2.45) is 11.3 Å². The van der Waals surface area contributed by atoms with Crippen LogP contribution in [-0.2, 0) is 27.4 Å². The van der Waals surface area contributed by atoms with Gasteiger partial charge in [0.2, 0.25) is 5.91 Å². The summed E-state index contributed by atoms with van der Waals surface area (Å²) in [5, 5.41) is 9.83. The summed E-state index contributed by atoms with van der Waals surface area (Å²) in [7, 11) is 0. The Morgan fingerprint density at radius 2 is 1.93 bits per heavy atom. The van der Waals surface area contributed by atoms with Crippen LogP contribution in [0.15, 0.2) is 42.5 Å². The summed E-state index contributed by atoms with van der Waals surface area (Å²) in [4.78, 5) is 24.2. The Morgan fingerprint density at radius 3 is 2.59 bits per heavy atom. The first-order chi connectivity index (χ1) is 13.9. The maximum atomic E-state index is 12.4. The summed E-state index contributed by atoms with van der Waals surface area (Å²) in [5.74, 6) is -0.969. The van der Waals surface area contributed by atoms with Gasteiger partial charge in [0.25, 0.3) is 0 Å². The smallest absolute Gasteiger partial charge is 0.313 e.